The zero-order chi connectivity index (χ0) is 12.8. The number of ether oxygens (including phenoxy) is 3. The van der Waals surface area contributed by atoms with Gasteiger partial charge in [0.25, 0.3) is 0 Å². The molecule has 4 heteroatoms. The fourth-order valence-corrected chi connectivity index (χ4v) is 1.71. The van der Waals surface area contributed by atoms with E-state index in [0.717, 1.165) is 23.5 Å². The van der Waals surface area contributed by atoms with E-state index in [1.165, 1.54) is 0 Å². The van der Waals surface area contributed by atoms with Crippen molar-refractivity contribution in [1.82, 2.24) is 0 Å². The van der Waals surface area contributed by atoms with E-state index in [9.17, 15) is 0 Å². The predicted octanol–water partition coefficient (Wildman–Crippen LogP) is 1.99. The lowest BCUT2D eigenvalue weighted by Gasteiger charge is -2.16. The average Bonchev–Trinajstić information content (AvgIpc) is 2.29. The van der Waals surface area contributed by atoms with Gasteiger partial charge in [-0.25, -0.2) is 0 Å². The van der Waals surface area contributed by atoms with Crippen molar-refractivity contribution in [3.63, 3.8) is 0 Å². The van der Waals surface area contributed by atoms with Gasteiger partial charge in [0, 0.05) is 12.1 Å². The number of hydrogen-bond acceptors (Lipinski definition) is 4. The van der Waals surface area contributed by atoms with Gasteiger partial charge in [-0.05, 0) is 31.9 Å². The molecule has 0 saturated carbocycles. The van der Waals surface area contributed by atoms with E-state index >= 15 is 0 Å². The number of nitrogens with two attached hydrogens (primary N) is 1. The molecule has 0 aliphatic heterocycles. The van der Waals surface area contributed by atoms with E-state index in [1.54, 1.807) is 14.2 Å². The van der Waals surface area contributed by atoms with Gasteiger partial charge in [-0.1, -0.05) is 0 Å². The van der Waals surface area contributed by atoms with E-state index in [0.29, 0.717) is 12.4 Å². The van der Waals surface area contributed by atoms with Crippen LogP contribution in [0, 0.1) is 0 Å². The van der Waals surface area contributed by atoms with E-state index in [4.69, 9.17) is 19.9 Å². The normalized spacial score (nSPS) is 12.1. The molecule has 1 aromatic rings. The fourth-order valence-electron chi connectivity index (χ4n) is 1.71. The lowest BCUT2D eigenvalue weighted by molar-refractivity contribution is 0.307. The number of rotatable bonds is 6. The molecule has 0 radical (unpaired) electrons. The molecule has 0 saturated heterocycles. The summed E-state index contributed by atoms with van der Waals surface area (Å²) < 4.78 is 16.1. The highest BCUT2D eigenvalue weighted by Gasteiger charge is 2.13. The van der Waals surface area contributed by atoms with Gasteiger partial charge in [0.05, 0.1) is 20.8 Å². The molecule has 1 aromatic carbocycles. The summed E-state index contributed by atoms with van der Waals surface area (Å²) in [6, 6.07) is 3.85. The van der Waals surface area contributed by atoms with Crippen LogP contribution >= 0.6 is 0 Å². The standard InChI is InChI=1S/C13H21NO3/c1-5-17-13-7-10(6-9(2)14)11(15-3)8-12(13)16-4/h7-9H,5-6,14H2,1-4H3. The van der Waals surface area contributed by atoms with Gasteiger partial charge in [0.2, 0.25) is 0 Å². The Bertz CT molecular complexity index is 364. The first-order valence-corrected chi connectivity index (χ1v) is 5.75. The summed E-state index contributed by atoms with van der Waals surface area (Å²) in [5.74, 6) is 2.19. The molecule has 0 aromatic heterocycles. The molecule has 0 aliphatic carbocycles. The first-order valence-electron chi connectivity index (χ1n) is 5.75. The quantitative estimate of drug-likeness (QED) is 0.825. The molecule has 1 unspecified atom stereocenters. The summed E-state index contributed by atoms with van der Waals surface area (Å²) >= 11 is 0. The van der Waals surface area contributed by atoms with Crippen LogP contribution in [0.2, 0.25) is 0 Å². The number of hydrogen-bond donors (Lipinski definition) is 1. The minimum absolute atomic E-state index is 0.0757. The van der Waals surface area contributed by atoms with Crippen LogP contribution in [0.25, 0.3) is 0 Å². The minimum Gasteiger partial charge on any atom is -0.496 e. The third-order valence-corrected chi connectivity index (χ3v) is 2.41. The Morgan fingerprint density at radius 2 is 1.76 bits per heavy atom. The van der Waals surface area contributed by atoms with Gasteiger partial charge in [0.15, 0.2) is 11.5 Å². The molecule has 1 atom stereocenters. The zero-order valence-corrected chi connectivity index (χ0v) is 10.9. The maximum Gasteiger partial charge on any atom is 0.164 e. The molecular weight excluding hydrogens is 218 g/mol. The summed E-state index contributed by atoms with van der Waals surface area (Å²) in [5, 5.41) is 0. The van der Waals surface area contributed by atoms with Crippen molar-refractivity contribution >= 4 is 0 Å². The number of benzene rings is 1. The van der Waals surface area contributed by atoms with Gasteiger partial charge in [-0.2, -0.15) is 0 Å². The summed E-state index contributed by atoms with van der Waals surface area (Å²) in [5.41, 5.74) is 6.85. The van der Waals surface area contributed by atoms with Gasteiger partial charge in [-0.15, -0.1) is 0 Å². The highest BCUT2D eigenvalue weighted by Crippen LogP contribution is 2.35. The Kier molecular flexibility index (Phi) is 5.10. The molecular formula is C13H21NO3. The number of methoxy groups -OCH3 is 2. The first kappa shape index (κ1) is 13.6. The molecule has 0 heterocycles. The second-order valence-electron chi connectivity index (χ2n) is 3.93. The second kappa shape index (κ2) is 6.35. The van der Waals surface area contributed by atoms with Crippen molar-refractivity contribution in [1.29, 1.82) is 0 Å². The van der Waals surface area contributed by atoms with Crippen LogP contribution in [-0.4, -0.2) is 26.9 Å². The Hall–Kier alpha value is -1.42. The molecule has 0 amide bonds. The van der Waals surface area contributed by atoms with Gasteiger partial charge < -0.3 is 19.9 Å². The van der Waals surface area contributed by atoms with Crippen molar-refractivity contribution in [3.8, 4) is 17.2 Å². The van der Waals surface area contributed by atoms with Crippen LogP contribution < -0.4 is 19.9 Å². The van der Waals surface area contributed by atoms with Crippen LogP contribution in [0.1, 0.15) is 19.4 Å². The SMILES string of the molecule is CCOc1cc(CC(C)N)c(OC)cc1OC. The van der Waals surface area contributed by atoms with Crippen LogP contribution in [0.3, 0.4) is 0 Å². The molecule has 0 spiro atoms. The van der Waals surface area contributed by atoms with Crippen molar-refractivity contribution in [2.45, 2.75) is 26.3 Å². The monoisotopic (exact) mass is 239 g/mol. The molecule has 0 aliphatic rings. The Balaban J connectivity index is 3.13. The summed E-state index contributed by atoms with van der Waals surface area (Å²) in [4.78, 5) is 0. The Labute approximate surface area is 103 Å². The maximum atomic E-state index is 5.81. The van der Waals surface area contributed by atoms with E-state index < -0.39 is 0 Å². The summed E-state index contributed by atoms with van der Waals surface area (Å²) in [6.45, 7) is 4.50. The molecule has 96 valence electrons. The van der Waals surface area contributed by atoms with Gasteiger partial charge in [0.1, 0.15) is 5.75 Å². The molecule has 1 rings (SSSR count). The van der Waals surface area contributed by atoms with Crippen molar-refractivity contribution in [2.24, 2.45) is 5.73 Å². The van der Waals surface area contributed by atoms with E-state index in [-0.39, 0.29) is 6.04 Å². The Morgan fingerprint density at radius 3 is 2.24 bits per heavy atom. The van der Waals surface area contributed by atoms with Gasteiger partial charge >= 0.3 is 0 Å². The van der Waals surface area contributed by atoms with E-state index in [1.807, 2.05) is 26.0 Å². The molecule has 0 fully saturated rings. The third kappa shape index (κ3) is 3.53. The third-order valence-electron chi connectivity index (χ3n) is 2.41. The van der Waals surface area contributed by atoms with Crippen LogP contribution in [-0.2, 0) is 6.42 Å². The average molecular weight is 239 g/mol. The largest absolute Gasteiger partial charge is 0.496 e. The van der Waals surface area contributed by atoms with Crippen LogP contribution in [0.15, 0.2) is 12.1 Å². The Morgan fingerprint density at radius 1 is 1.12 bits per heavy atom. The van der Waals surface area contributed by atoms with E-state index in [2.05, 4.69) is 0 Å². The predicted molar refractivity (Wildman–Crippen MR) is 68.1 cm³/mol. The summed E-state index contributed by atoms with van der Waals surface area (Å²) in [6.07, 6.45) is 0.743. The van der Waals surface area contributed by atoms with Gasteiger partial charge in [-0.3, -0.25) is 0 Å². The zero-order valence-electron chi connectivity index (χ0n) is 10.9. The maximum absolute atomic E-state index is 5.81. The first-order chi connectivity index (χ1) is 8.12. The highest BCUT2D eigenvalue weighted by atomic mass is 16.5. The summed E-state index contributed by atoms with van der Waals surface area (Å²) in [7, 11) is 3.25. The van der Waals surface area contributed by atoms with Crippen molar-refractivity contribution in [2.75, 3.05) is 20.8 Å². The molecule has 4 nitrogen and oxygen atoms in total. The fraction of sp³-hybridized carbons (Fsp3) is 0.538. The minimum atomic E-state index is 0.0757. The topological polar surface area (TPSA) is 53.7 Å². The molecule has 17 heavy (non-hydrogen) atoms. The highest BCUT2D eigenvalue weighted by molar-refractivity contribution is 5.51. The molecule has 0 bridgehead atoms. The van der Waals surface area contributed by atoms with Crippen LogP contribution in [0.4, 0.5) is 0 Å². The molecule has 2 N–H and O–H groups in total. The lowest BCUT2D eigenvalue weighted by Crippen LogP contribution is -2.18. The lowest BCUT2D eigenvalue weighted by atomic mass is 10.1. The second-order valence-corrected chi connectivity index (χ2v) is 3.93. The van der Waals surface area contributed by atoms with Crippen LogP contribution in [0.5, 0.6) is 17.2 Å². The van der Waals surface area contributed by atoms with Crippen molar-refractivity contribution in [3.05, 3.63) is 17.7 Å². The van der Waals surface area contributed by atoms with Crippen molar-refractivity contribution < 1.29 is 14.2 Å². The smallest absolute Gasteiger partial charge is 0.164 e.